The number of Topliss-reactive ketones (excluding diaryl/α,β-unsaturated/α-hetero) is 2. The van der Waals surface area contributed by atoms with Gasteiger partial charge in [0, 0.05) is 22.6 Å². The highest BCUT2D eigenvalue weighted by atomic mass is 32.1. The zero-order valence-electron chi connectivity index (χ0n) is 16.8. The molecule has 4 saturated carbocycles. The summed E-state index contributed by atoms with van der Waals surface area (Å²) < 4.78 is 0. The highest BCUT2D eigenvalue weighted by molar-refractivity contribution is 7.14. The molecule has 0 spiro atoms. The molecule has 0 unspecified atom stereocenters. The van der Waals surface area contributed by atoms with Crippen LogP contribution >= 0.6 is 22.7 Å². The van der Waals surface area contributed by atoms with Gasteiger partial charge in [-0.1, -0.05) is 0 Å². The van der Waals surface area contributed by atoms with Gasteiger partial charge in [-0.15, -0.1) is 22.7 Å². The lowest BCUT2D eigenvalue weighted by molar-refractivity contribution is -0.108. The molecule has 4 heteroatoms. The Morgan fingerprint density at radius 3 is 1.61 bits per heavy atom. The predicted octanol–water partition coefficient (Wildman–Crippen LogP) is 6.86. The van der Waals surface area contributed by atoms with Gasteiger partial charge in [0.05, 0.1) is 9.75 Å². The van der Waals surface area contributed by atoms with Crippen molar-refractivity contribution in [2.45, 2.75) is 65.2 Å². The van der Waals surface area contributed by atoms with Crippen molar-refractivity contribution in [1.82, 2.24) is 0 Å². The van der Waals surface area contributed by atoms with Crippen LogP contribution in [0, 0.1) is 36.5 Å². The Balaban J connectivity index is 1.38. The first-order valence-electron chi connectivity index (χ1n) is 10.5. The third-order valence-corrected chi connectivity index (χ3v) is 9.49. The van der Waals surface area contributed by atoms with Crippen molar-refractivity contribution in [1.29, 1.82) is 0 Å². The van der Waals surface area contributed by atoms with Crippen LogP contribution in [0.2, 0.25) is 0 Å². The average Bonchev–Trinajstić information content (AvgIpc) is 3.21. The van der Waals surface area contributed by atoms with E-state index in [0.717, 1.165) is 28.0 Å². The molecule has 0 radical (unpaired) electrons. The highest BCUT2D eigenvalue weighted by Gasteiger charge is 2.58. The van der Waals surface area contributed by atoms with Gasteiger partial charge in [-0.2, -0.15) is 0 Å². The summed E-state index contributed by atoms with van der Waals surface area (Å²) in [6, 6.07) is 8.12. The number of thiophene rings is 2. The summed E-state index contributed by atoms with van der Waals surface area (Å²) in [6.45, 7) is 4.14. The van der Waals surface area contributed by atoms with Crippen LogP contribution in [0.15, 0.2) is 24.3 Å². The van der Waals surface area contributed by atoms with E-state index in [2.05, 4.69) is 26.0 Å². The van der Waals surface area contributed by atoms with Gasteiger partial charge in [0.1, 0.15) is 0 Å². The Morgan fingerprint density at radius 2 is 1.25 bits per heavy atom. The van der Waals surface area contributed by atoms with Gasteiger partial charge in [-0.05, 0) is 99.3 Å². The summed E-state index contributed by atoms with van der Waals surface area (Å²) in [5.41, 5.74) is 0.287. The Hall–Kier alpha value is -1.26. The van der Waals surface area contributed by atoms with Crippen LogP contribution < -0.4 is 0 Å². The van der Waals surface area contributed by atoms with Gasteiger partial charge in [0.25, 0.3) is 0 Å². The van der Waals surface area contributed by atoms with Crippen molar-refractivity contribution >= 4 is 34.2 Å². The molecule has 0 aromatic carbocycles. The second kappa shape index (κ2) is 6.63. The maximum absolute atomic E-state index is 13.0. The van der Waals surface area contributed by atoms with Gasteiger partial charge >= 0.3 is 0 Å². The fourth-order valence-corrected chi connectivity index (χ4v) is 8.70. The molecule has 2 aromatic heterocycles. The zero-order valence-corrected chi connectivity index (χ0v) is 18.4. The van der Waals surface area contributed by atoms with Crippen LogP contribution in [-0.4, -0.2) is 11.6 Å². The number of carbonyl (C=O) groups excluding carboxylic acids is 2. The second-order valence-corrected chi connectivity index (χ2v) is 12.6. The number of aryl methyl sites for hydroxylation is 2. The maximum Gasteiger partial charge on any atom is 0.173 e. The first-order valence-corrected chi connectivity index (χ1v) is 12.2. The third-order valence-electron chi connectivity index (χ3n) is 7.40. The van der Waals surface area contributed by atoms with Crippen LogP contribution in [0.4, 0.5) is 0 Å². The van der Waals surface area contributed by atoms with Crippen molar-refractivity contribution in [3.63, 3.8) is 0 Å². The Bertz CT molecular complexity index is 848. The van der Waals surface area contributed by atoms with Crippen LogP contribution in [-0.2, 0) is 0 Å². The van der Waals surface area contributed by atoms with E-state index in [1.165, 1.54) is 41.9 Å². The topological polar surface area (TPSA) is 34.1 Å². The standard InChI is InChI=1S/C24H28O2S2/c1-15-3-5-21(27-15)19(25)12-23-8-17-7-18(9-23)11-24(10-17,14-23)13-20(26)22-6-4-16(2)28-22/h3-6,17-18H,7-14H2,1-2H3. The quantitative estimate of drug-likeness (QED) is 0.486. The molecule has 148 valence electrons. The van der Waals surface area contributed by atoms with Crippen molar-refractivity contribution in [2.24, 2.45) is 22.7 Å². The van der Waals surface area contributed by atoms with Gasteiger partial charge in [-0.25, -0.2) is 0 Å². The molecule has 2 aromatic rings. The summed E-state index contributed by atoms with van der Waals surface area (Å²) in [6.07, 6.45) is 8.59. The monoisotopic (exact) mass is 412 g/mol. The van der Waals surface area contributed by atoms with Crippen LogP contribution in [0.1, 0.15) is 80.5 Å². The average molecular weight is 413 g/mol. The molecular formula is C24H28O2S2. The Labute approximate surface area is 175 Å². The summed E-state index contributed by atoms with van der Waals surface area (Å²) in [5.74, 6) is 2.10. The van der Waals surface area contributed by atoms with E-state index in [-0.39, 0.29) is 10.8 Å². The zero-order chi connectivity index (χ0) is 19.5. The molecule has 4 aliphatic carbocycles. The summed E-state index contributed by atoms with van der Waals surface area (Å²) in [7, 11) is 0. The number of hydrogen-bond donors (Lipinski definition) is 0. The van der Waals surface area contributed by atoms with Crippen LogP contribution in [0.3, 0.4) is 0 Å². The normalized spacial score (nSPS) is 33.4. The van der Waals surface area contributed by atoms with Crippen molar-refractivity contribution < 1.29 is 9.59 Å². The van der Waals surface area contributed by atoms with E-state index in [1.807, 2.05) is 12.1 Å². The smallest absolute Gasteiger partial charge is 0.173 e. The summed E-state index contributed by atoms with van der Waals surface area (Å²) >= 11 is 3.26. The minimum Gasteiger partial charge on any atom is -0.293 e. The number of hydrogen-bond acceptors (Lipinski definition) is 4. The molecule has 4 bridgehead atoms. The Morgan fingerprint density at radius 1 is 0.821 bits per heavy atom. The molecule has 0 amide bonds. The molecule has 0 aliphatic heterocycles. The molecule has 28 heavy (non-hydrogen) atoms. The minimum absolute atomic E-state index is 0.144. The molecule has 4 aliphatic rings. The first-order chi connectivity index (χ1) is 13.3. The van der Waals surface area contributed by atoms with E-state index in [4.69, 9.17) is 0 Å². The summed E-state index contributed by atoms with van der Waals surface area (Å²) in [4.78, 5) is 30.3. The fourth-order valence-electron chi connectivity index (χ4n) is 7.09. The molecular weight excluding hydrogens is 384 g/mol. The lowest BCUT2D eigenvalue weighted by Crippen LogP contribution is -2.53. The van der Waals surface area contributed by atoms with Gasteiger partial charge in [0.15, 0.2) is 11.6 Å². The maximum atomic E-state index is 13.0. The molecule has 6 rings (SSSR count). The summed E-state index contributed by atoms with van der Waals surface area (Å²) in [5, 5.41) is 0. The minimum atomic E-state index is 0.144. The van der Waals surface area contributed by atoms with E-state index in [9.17, 15) is 9.59 Å². The second-order valence-electron chi connectivity index (χ2n) is 9.98. The third kappa shape index (κ3) is 3.33. The first kappa shape index (κ1) is 18.7. The molecule has 2 heterocycles. The Kier molecular flexibility index (Phi) is 4.44. The van der Waals surface area contributed by atoms with Crippen molar-refractivity contribution in [3.8, 4) is 0 Å². The number of ketones is 2. The van der Waals surface area contributed by atoms with E-state index in [0.29, 0.717) is 24.4 Å². The van der Waals surface area contributed by atoms with Crippen LogP contribution in [0.5, 0.6) is 0 Å². The largest absolute Gasteiger partial charge is 0.293 e. The molecule has 4 fully saturated rings. The molecule has 0 saturated heterocycles. The molecule has 0 atom stereocenters. The van der Waals surface area contributed by atoms with E-state index in [1.54, 1.807) is 22.7 Å². The lowest BCUT2D eigenvalue weighted by Gasteiger charge is -2.62. The van der Waals surface area contributed by atoms with Gasteiger partial charge < -0.3 is 0 Å². The van der Waals surface area contributed by atoms with Gasteiger partial charge in [-0.3, -0.25) is 9.59 Å². The molecule has 0 N–H and O–H groups in total. The number of rotatable bonds is 6. The van der Waals surface area contributed by atoms with Crippen molar-refractivity contribution in [2.75, 3.05) is 0 Å². The van der Waals surface area contributed by atoms with Gasteiger partial charge in [0.2, 0.25) is 0 Å². The lowest BCUT2D eigenvalue weighted by atomic mass is 9.42. The SMILES string of the molecule is Cc1ccc(C(=O)CC23CC4CC(C2)CC(CC(=O)c2ccc(C)s2)(C4)C3)s1. The number of carbonyl (C=O) groups is 2. The molecule has 2 nitrogen and oxygen atoms in total. The van der Waals surface area contributed by atoms with Crippen molar-refractivity contribution in [3.05, 3.63) is 43.8 Å². The van der Waals surface area contributed by atoms with E-state index >= 15 is 0 Å². The van der Waals surface area contributed by atoms with Crippen LogP contribution in [0.25, 0.3) is 0 Å². The van der Waals surface area contributed by atoms with E-state index < -0.39 is 0 Å². The highest BCUT2D eigenvalue weighted by Crippen LogP contribution is 2.67. The fraction of sp³-hybridized carbons (Fsp3) is 0.583. The predicted molar refractivity (Wildman–Crippen MR) is 116 cm³/mol.